The number of nitrogens with two attached hydrogens (primary N) is 1. The van der Waals surface area contributed by atoms with Gasteiger partial charge in [0.15, 0.2) is 0 Å². The van der Waals surface area contributed by atoms with Crippen LogP contribution in [0.1, 0.15) is 17.3 Å². The molecule has 1 heterocycles. The van der Waals surface area contributed by atoms with Crippen molar-refractivity contribution in [3.8, 4) is 0 Å². The third kappa shape index (κ3) is 2.51. The Morgan fingerprint density at radius 3 is 2.78 bits per heavy atom. The molecule has 0 saturated heterocycles. The monoisotopic (exact) mass is 245 g/mol. The molecule has 0 unspecified atom stereocenters. The zero-order valence-corrected chi connectivity index (χ0v) is 10.1. The maximum absolute atomic E-state index is 11.1. The molecule has 0 radical (unpaired) electrons. The van der Waals surface area contributed by atoms with E-state index in [1.54, 1.807) is 12.1 Å². The van der Waals surface area contributed by atoms with E-state index >= 15 is 0 Å². The second-order valence-electron chi connectivity index (χ2n) is 4.13. The number of aromatic nitrogens is 1. The maximum Gasteiger partial charge on any atom is 0.248 e. The van der Waals surface area contributed by atoms with Crippen molar-refractivity contribution in [2.24, 2.45) is 5.73 Å². The second-order valence-corrected chi connectivity index (χ2v) is 4.13. The highest BCUT2D eigenvalue weighted by Gasteiger charge is 2.05. The minimum absolute atomic E-state index is 0.0516. The predicted molar refractivity (Wildman–Crippen MR) is 69.1 cm³/mol. The largest absolute Gasteiger partial charge is 0.366 e. The number of hydrogen-bond acceptors (Lipinski definition) is 2. The molecule has 2 aromatic rings. The Kier molecular flexibility index (Phi) is 3.32. The van der Waals surface area contributed by atoms with Crippen molar-refractivity contribution in [3.63, 3.8) is 0 Å². The summed E-state index contributed by atoms with van der Waals surface area (Å²) >= 11 is 0. The van der Waals surface area contributed by atoms with Crippen LogP contribution in [0.5, 0.6) is 0 Å². The molecule has 1 aromatic heterocycles. The number of nitrogens with one attached hydrogen (secondary N) is 1. The van der Waals surface area contributed by atoms with Gasteiger partial charge in [0.25, 0.3) is 0 Å². The molecule has 0 saturated carbocycles. The average Bonchev–Trinajstić information content (AvgIpc) is 2.71. The Labute approximate surface area is 105 Å². The number of fused-ring (bicyclic) bond motifs is 1. The van der Waals surface area contributed by atoms with Crippen LogP contribution >= 0.6 is 0 Å². The van der Waals surface area contributed by atoms with Crippen molar-refractivity contribution in [1.29, 1.82) is 0 Å². The van der Waals surface area contributed by atoms with Crippen molar-refractivity contribution < 1.29 is 9.59 Å². The van der Waals surface area contributed by atoms with E-state index in [1.807, 2.05) is 22.9 Å². The summed E-state index contributed by atoms with van der Waals surface area (Å²) in [5.74, 6) is -0.490. The van der Waals surface area contributed by atoms with Crippen LogP contribution in [0.25, 0.3) is 10.9 Å². The number of rotatable bonds is 4. The van der Waals surface area contributed by atoms with E-state index in [9.17, 15) is 9.59 Å². The Bertz CT molecular complexity index is 601. The van der Waals surface area contributed by atoms with E-state index in [1.165, 1.54) is 6.92 Å². The minimum Gasteiger partial charge on any atom is -0.366 e. The van der Waals surface area contributed by atoms with Crippen molar-refractivity contribution in [2.75, 3.05) is 6.54 Å². The number of carbonyl (C=O) groups excluding carboxylic acids is 2. The van der Waals surface area contributed by atoms with Crippen LogP contribution in [0.4, 0.5) is 0 Å². The quantitative estimate of drug-likeness (QED) is 0.838. The lowest BCUT2D eigenvalue weighted by molar-refractivity contribution is -0.118. The summed E-state index contributed by atoms with van der Waals surface area (Å²) in [7, 11) is 0. The fourth-order valence-electron chi connectivity index (χ4n) is 1.88. The number of nitrogens with zero attached hydrogens (tertiary/aromatic N) is 1. The molecule has 0 atom stereocenters. The molecule has 5 heteroatoms. The molecular weight excluding hydrogens is 230 g/mol. The first kappa shape index (κ1) is 12.2. The van der Waals surface area contributed by atoms with Gasteiger partial charge in [0.05, 0.1) is 0 Å². The van der Waals surface area contributed by atoms with Gasteiger partial charge in [0, 0.05) is 37.3 Å². The van der Waals surface area contributed by atoms with Crippen LogP contribution in [-0.2, 0) is 11.3 Å². The average molecular weight is 245 g/mol. The fourth-order valence-corrected chi connectivity index (χ4v) is 1.88. The van der Waals surface area contributed by atoms with Gasteiger partial charge in [-0.3, -0.25) is 9.59 Å². The van der Waals surface area contributed by atoms with E-state index in [0.717, 1.165) is 10.9 Å². The standard InChI is InChI=1S/C13H15N3O2/c1-9(17)15-5-7-16-6-4-10-2-3-11(13(14)18)8-12(10)16/h2-4,6,8H,5,7H2,1H3,(H2,14,18)(H,15,17). The molecule has 0 bridgehead atoms. The van der Waals surface area contributed by atoms with Gasteiger partial charge in [-0.15, -0.1) is 0 Å². The summed E-state index contributed by atoms with van der Waals surface area (Å²) in [4.78, 5) is 21.9. The van der Waals surface area contributed by atoms with Crippen LogP contribution in [0.15, 0.2) is 30.5 Å². The lowest BCUT2D eigenvalue weighted by atomic mass is 10.1. The molecule has 0 aliphatic heterocycles. The van der Waals surface area contributed by atoms with Crippen LogP contribution in [0.2, 0.25) is 0 Å². The van der Waals surface area contributed by atoms with E-state index < -0.39 is 5.91 Å². The molecular formula is C13H15N3O2. The molecule has 1 aromatic carbocycles. The molecule has 18 heavy (non-hydrogen) atoms. The summed E-state index contributed by atoms with van der Waals surface area (Å²) < 4.78 is 1.98. The molecule has 0 fully saturated rings. The van der Waals surface area contributed by atoms with Gasteiger partial charge in [0.1, 0.15) is 0 Å². The smallest absolute Gasteiger partial charge is 0.248 e. The lowest BCUT2D eigenvalue weighted by Crippen LogP contribution is -2.24. The Morgan fingerprint density at radius 2 is 2.11 bits per heavy atom. The zero-order chi connectivity index (χ0) is 13.1. The minimum atomic E-state index is -0.438. The molecule has 2 rings (SSSR count). The normalized spacial score (nSPS) is 10.5. The fraction of sp³-hybridized carbons (Fsp3) is 0.231. The van der Waals surface area contributed by atoms with Gasteiger partial charge in [0.2, 0.25) is 11.8 Å². The summed E-state index contributed by atoms with van der Waals surface area (Å²) in [6.07, 6.45) is 1.93. The SMILES string of the molecule is CC(=O)NCCn1ccc2ccc(C(N)=O)cc21. The molecule has 0 spiro atoms. The maximum atomic E-state index is 11.1. The highest BCUT2D eigenvalue weighted by molar-refractivity contribution is 5.97. The van der Waals surface area contributed by atoms with Crippen molar-refractivity contribution in [2.45, 2.75) is 13.5 Å². The molecule has 3 N–H and O–H groups in total. The molecule has 2 amide bonds. The molecule has 5 nitrogen and oxygen atoms in total. The third-order valence-electron chi connectivity index (χ3n) is 2.79. The van der Waals surface area contributed by atoms with Gasteiger partial charge in [-0.25, -0.2) is 0 Å². The first-order valence-electron chi connectivity index (χ1n) is 5.71. The first-order chi connectivity index (χ1) is 8.58. The number of benzene rings is 1. The molecule has 0 aliphatic rings. The van der Waals surface area contributed by atoms with Crippen LogP contribution in [0, 0.1) is 0 Å². The van der Waals surface area contributed by atoms with E-state index in [-0.39, 0.29) is 5.91 Å². The number of hydrogen-bond donors (Lipinski definition) is 2. The predicted octanol–water partition coefficient (Wildman–Crippen LogP) is 0.876. The summed E-state index contributed by atoms with van der Waals surface area (Å²) in [5, 5.41) is 3.78. The number of amides is 2. The second kappa shape index (κ2) is 4.91. The van der Waals surface area contributed by atoms with Crippen LogP contribution in [0.3, 0.4) is 0 Å². The van der Waals surface area contributed by atoms with E-state index in [4.69, 9.17) is 5.73 Å². The Balaban J connectivity index is 2.25. The summed E-state index contributed by atoms with van der Waals surface area (Å²) in [5.41, 5.74) is 6.69. The summed E-state index contributed by atoms with van der Waals surface area (Å²) in [6.45, 7) is 2.70. The zero-order valence-electron chi connectivity index (χ0n) is 10.1. The van der Waals surface area contributed by atoms with Gasteiger partial charge in [-0.1, -0.05) is 6.07 Å². The molecule has 94 valence electrons. The lowest BCUT2D eigenvalue weighted by Gasteiger charge is -2.06. The first-order valence-corrected chi connectivity index (χ1v) is 5.71. The third-order valence-corrected chi connectivity index (χ3v) is 2.79. The summed E-state index contributed by atoms with van der Waals surface area (Å²) in [6, 6.07) is 7.31. The van der Waals surface area contributed by atoms with E-state index in [0.29, 0.717) is 18.7 Å². The van der Waals surface area contributed by atoms with Crippen molar-refractivity contribution in [1.82, 2.24) is 9.88 Å². The highest BCUT2D eigenvalue weighted by atomic mass is 16.1. The van der Waals surface area contributed by atoms with Gasteiger partial charge < -0.3 is 15.6 Å². The Hall–Kier alpha value is -2.30. The van der Waals surface area contributed by atoms with E-state index in [2.05, 4.69) is 5.32 Å². The van der Waals surface area contributed by atoms with Gasteiger partial charge in [-0.2, -0.15) is 0 Å². The van der Waals surface area contributed by atoms with Crippen molar-refractivity contribution >= 4 is 22.7 Å². The topological polar surface area (TPSA) is 77.1 Å². The van der Waals surface area contributed by atoms with Gasteiger partial charge in [-0.05, 0) is 23.6 Å². The van der Waals surface area contributed by atoms with Crippen LogP contribution < -0.4 is 11.1 Å². The van der Waals surface area contributed by atoms with Gasteiger partial charge >= 0.3 is 0 Å². The van der Waals surface area contributed by atoms with Crippen molar-refractivity contribution in [3.05, 3.63) is 36.0 Å². The number of primary amides is 1. The molecule has 0 aliphatic carbocycles. The Morgan fingerprint density at radius 1 is 1.33 bits per heavy atom. The van der Waals surface area contributed by atoms with Crippen LogP contribution in [-0.4, -0.2) is 22.9 Å². The highest BCUT2D eigenvalue weighted by Crippen LogP contribution is 2.17. The number of carbonyl (C=O) groups is 2.